The molecule has 13 heteroatoms. The number of hydrogen-bond donors (Lipinski definition) is 3. The van der Waals surface area contributed by atoms with Crippen LogP contribution in [0.3, 0.4) is 0 Å². The van der Waals surface area contributed by atoms with Crippen LogP contribution in [0.1, 0.15) is 37.8 Å². The van der Waals surface area contributed by atoms with Crippen LogP contribution in [0.4, 0.5) is 15.8 Å². The van der Waals surface area contributed by atoms with Crippen molar-refractivity contribution < 1.29 is 36.5 Å². The Bertz CT molecular complexity index is 1540. The number of sulfonamides is 1. The Kier molecular flexibility index (Phi) is 7.30. The van der Waals surface area contributed by atoms with Crippen molar-refractivity contribution in [3.8, 4) is 0 Å². The number of aliphatic hydroxyl groups is 1. The van der Waals surface area contributed by atoms with Gasteiger partial charge < -0.3 is 19.7 Å². The number of fused-ring (bicyclic) bond motifs is 2. The van der Waals surface area contributed by atoms with Crippen LogP contribution < -0.4 is 15.3 Å². The normalized spacial score (nSPS) is 23.7. The van der Waals surface area contributed by atoms with Gasteiger partial charge in [-0.3, -0.25) is 14.1 Å². The number of carbonyl (C=O) groups excluding carboxylic acids is 1. The van der Waals surface area contributed by atoms with Gasteiger partial charge in [0.05, 0.1) is 28.8 Å². The molecule has 0 bridgehead atoms. The lowest BCUT2D eigenvalue weighted by atomic mass is 9.67. The molecule has 1 aliphatic heterocycles. The highest BCUT2D eigenvalue weighted by molar-refractivity contribution is 7.92. The molecule has 1 aliphatic carbocycles. The fraction of sp³-hybridized carbons (Fsp3) is 0.360. The third-order valence-electron chi connectivity index (χ3n) is 6.82. The minimum Gasteiger partial charge on any atom is -0.506 e. The summed E-state index contributed by atoms with van der Waals surface area (Å²) in [5.41, 5.74) is -0.463. The Labute approximate surface area is 220 Å². The number of methoxy groups -OCH3 is 1. The molecule has 1 heterocycles. The van der Waals surface area contributed by atoms with E-state index in [0.717, 1.165) is 12.3 Å². The SMILES string of the molecule is COC(C)CCC1(C)C(=O)C(C2=NP(=O)(OC)c3cc(NS(C)(=O)=O)ccc3N2)=C(O)c2cc(F)ccc21. The van der Waals surface area contributed by atoms with Gasteiger partial charge in [0.15, 0.2) is 5.78 Å². The van der Waals surface area contributed by atoms with E-state index in [-0.39, 0.29) is 39.8 Å². The molecule has 0 radical (unpaired) electrons. The molecule has 0 saturated carbocycles. The maximum atomic E-state index is 14.3. The predicted octanol–water partition coefficient (Wildman–Crippen LogP) is 4.11. The molecule has 2 aliphatic rings. The molecule has 2 aromatic carbocycles. The fourth-order valence-corrected chi connectivity index (χ4v) is 6.74. The van der Waals surface area contributed by atoms with E-state index in [1.54, 1.807) is 14.0 Å². The fourth-order valence-electron chi connectivity index (χ4n) is 4.65. The van der Waals surface area contributed by atoms with Crippen molar-refractivity contribution in [2.75, 3.05) is 30.5 Å². The van der Waals surface area contributed by atoms with Crippen molar-refractivity contribution in [2.24, 2.45) is 4.76 Å². The van der Waals surface area contributed by atoms with Gasteiger partial charge in [0.1, 0.15) is 23.0 Å². The smallest absolute Gasteiger partial charge is 0.348 e. The third-order valence-corrected chi connectivity index (χ3v) is 9.37. The first-order chi connectivity index (χ1) is 17.7. The quantitative estimate of drug-likeness (QED) is 0.406. The average Bonchev–Trinajstić information content (AvgIpc) is 2.85. The number of Topliss-reactive ketones (excluding diaryl/α,β-unsaturated/α-hetero) is 1. The topological polar surface area (TPSA) is 143 Å². The van der Waals surface area contributed by atoms with Gasteiger partial charge in [-0.15, -0.1) is 0 Å². The number of hydrogen-bond acceptors (Lipinski definition) is 8. The molecule has 2 aromatic rings. The van der Waals surface area contributed by atoms with Crippen LogP contribution in [0.15, 0.2) is 46.7 Å². The number of carbonyl (C=O) groups is 1. The summed E-state index contributed by atoms with van der Waals surface area (Å²) in [5.74, 6) is -1.80. The Morgan fingerprint density at radius 1 is 1.24 bits per heavy atom. The summed E-state index contributed by atoms with van der Waals surface area (Å²) in [6.45, 7) is 3.57. The van der Waals surface area contributed by atoms with Crippen molar-refractivity contribution in [2.45, 2.75) is 38.2 Å². The summed E-state index contributed by atoms with van der Waals surface area (Å²) in [4.78, 5) is 14.0. The summed E-state index contributed by atoms with van der Waals surface area (Å²) in [7, 11) is -4.90. The number of ether oxygens (including phenoxy) is 1. The van der Waals surface area contributed by atoms with E-state index in [1.807, 2.05) is 6.92 Å². The number of nitrogens with one attached hydrogen (secondary N) is 2. The zero-order valence-corrected chi connectivity index (χ0v) is 23.2. The molecule has 0 saturated heterocycles. The first kappa shape index (κ1) is 28.0. The van der Waals surface area contributed by atoms with Crippen LogP contribution in [0.2, 0.25) is 0 Å². The Hall–Kier alpha value is -3.05. The number of amidine groups is 1. The summed E-state index contributed by atoms with van der Waals surface area (Å²) in [5, 5.41) is 14.2. The van der Waals surface area contributed by atoms with Gasteiger partial charge in [0.2, 0.25) is 10.0 Å². The summed E-state index contributed by atoms with van der Waals surface area (Å²) in [6, 6.07) is 8.08. The number of rotatable bonds is 8. The van der Waals surface area contributed by atoms with Crippen LogP contribution in [0.25, 0.3) is 5.76 Å². The number of nitrogens with zero attached hydrogens (tertiary/aromatic N) is 1. The van der Waals surface area contributed by atoms with E-state index in [0.29, 0.717) is 18.4 Å². The highest BCUT2D eigenvalue weighted by Gasteiger charge is 2.47. The van der Waals surface area contributed by atoms with Gasteiger partial charge in [0.25, 0.3) is 0 Å². The number of aliphatic hydroxyl groups excluding tert-OH is 1. The van der Waals surface area contributed by atoms with E-state index in [9.17, 15) is 27.3 Å². The number of benzene rings is 2. The maximum absolute atomic E-state index is 14.3. The lowest BCUT2D eigenvalue weighted by Crippen LogP contribution is -2.43. The van der Waals surface area contributed by atoms with Crippen molar-refractivity contribution >= 4 is 51.6 Å². The molecule has 4 rings (SSSR count). The largest absolute Gasteiger partial charge is 0.506 e. The predicted molar refractivity (Wildman–Crippen MR) is 144 cm³/mol. The van der Waals surface area contributed by atoms with E-state index in [2.05, 4.69) is 14.8 Å². The molecule has 3 N–H and O–H groups in total. The second-order valence-corrected chi connectivity index (χ2v) is 13.4. The minimum absolute atomic E-state index is 0.0730. The van der Waals surface area contributed by atoms with Gasteiger partial charge in [-0.05, 0) is 62.6 Å². The minimum atomic E-state index is -4.03. The van der Waals surface area contributed by atoms with Crippen molar-refractivity contribution in [1.82, 2.24) is 0 Å². The van der Waals surface area contributed by atoms with Gasteiger partial charge in [0, 0.05) is 25.5 Å². The Balaban J connectivity index is 1.87. The zero-order valence-electron chi connectivity index (χ0n) is 21.5. The van der Waals surface area contributed by atoms with Crippen LogP contribution in [-0.4, -0.2) is 51.7 Å². The van der Waals surface area contributed by atoms with Crippen LogP contribution in [-0.2, 0) is 34.1 Å². The number of anilines is 2. The van der Waals surface area contributed by atoms with Gasteiger partial charge in [-0.25, -0.2) is 12.8 Å². The van der Waals surface area contributed by atoms with Gasteiger partial charge in [-0.2, -0.15) is 4.76 Å². The van der Waals surface area contributed by atoms with Gasteiger partial charge in [-0.1, -0.05) is 6.07 Å². The van der Waals surface area contributed by atoms with Crippen molar-refractivity contribution in [1.29, 1.82) is 0 Å². The van der Waals surface area contributed by atoms with Crippen LogP contribution >= 0.6 is 7.52 Å². The molecule has 3 unspecified atom stereocenters. The maximum Gasteiger partial charge on any atom is 0.348 e. The first-order valence-electron chi connectivity index (χ1n) is 11.7. The molecule has 0 spiro atoms. The molecular formula is C25H29FN3O7PS. The Morgan fingerprint density at radius 2 is 1.95 bits per heavy atom. The average molecular weight is 566 g/mol. The van der Waals surface area contributed by atoms with Crippen LogP contribution in [0, 0.1) is 5.82 Å². The van der Waals surface area contributed by atoms with E-state index in [4.69, 9.17) is 9.26 Å². The summed E-state index contributed by atoms with van der Waals surface area (Å²) >= 11 is 0. The second kappa shape index (κ2) is 9.92. The number of ketones is 1. The highest BCUT2D eigenvalue weighted by Crippen LogP contribution is 2.53. The third kappa shape index (κ3) is 5.01. The molecule has 10 nitrogen and oxygen atoms in total. The lowest BCUT2D eigenvalue weighted by Gasteiger charge is -2.37. The zero-order chi connectivity index (χ0) is 28.0. The molecule has 3 atom stereocenters. The Morgan fingerprint density at radius 3 is 2.58 bits per heavy atom. The molecule has 0 fully saturated rings. The van der Waals surface area contributed by atoms with Gasteiger partial charge >= 0.3 is 7.52 Å². The van der Waals surface area contributed by atoms with E-state index >= 15 is 0 Å². The summed E-state index contributed by atoms with van der Waals surface area (Å²) < 4.78 is 68.6. The van der Waals surface area contributed by atoms with Crippen LogP contribution in [0.5, 0.6) is 0 Å². The summed E-state index contributed by atoms with van der Waals surface area (Å²) in [6.07, 6.45) is 1.64. The molecule has 38 heavy (non-hydrogen) atoms. The van der Waals surface area contributed by atoms with E-state index in [1.165, 1.54) is 37.4 Å². The molecule has 0 amide bonds. The highest BCUT2D eigenvalue weighted by atomic mass is 32.2. The second-order valence-electron chi connectivity index (χ2n) is 9.54. The van der Waals surface area contributed by atoms with E-state index < -0.39 is 40.3 Å². The molecule has 0 aromatic heterocycles. The monoisotopic (exact) mass is 565 g/mol. The first-order valence-corrected chi connectivity index (χ1v) is 15.2. The van der Waals surface area contributed by atoms with Crippen molar-refractivity contribution in [3.05, 3.63) is 58.9 Å². The lowest BCUT2D eigenvalue weighted by molar-refractivity contribution is -0.120. The molecular weight excluding hydrogens is 536 g/mol. The number of halogens is 1. The molecule has 204 valence electrons. The standard InChI is InChI=1S/C25H29FN3O7PS/c1-14(35-3)10-11-25(2)18-8-6-15(26)12-17(18)22(30)21(23(25)31)24-27-19-9-7-16(29-38(5,33)34)13-20(19)37(32,28-24)36-4/h6-9,12-14,29-30H,10-11H2,1-5H3,(H,27,28,32). The van der Waals surface area contributed by atoms with Crippen molar-refractivity contribution in [3.63, 3.8) is 0 Å².